The Morgan fingerprint density at radius 1 is 0.667 bits per heavy atom. The summed E-state index contributed by atoms with van der Waals surface area (Å²) in [7, 11) is 0. The maximum atomic E-state index is 13.5. The first-order valence-electron chi connectivity index (χ1n) is 5.80. The van der Waals surface area contributed by atoms with Gasteiger partial charge in [0.15, 0.2) is 0 Å². The Morgan fingerprint density at radius 3 is 2.00 bits per heavy atom. The molecule has 0 spiro atoms. The minimum Gasteiger partial charge on any atom is -0.207 e. The first-order valence-corrected chi connectivity index (χ1v) is 6.75. The molecule has 0 fully saturated rings. The molecule has 0 amide bonds. The quantitative estimate of drug-likeness (QED) is 0.370. The van der Waals surface area contributed by atoms with E-state index in [0.717, 1.165) is 16.2 Å². The summed E-state index contributed by atoms with van der Waals surface area (Å²) in [5, 5.41) is 11.2. The molecule has 0 N–H and O–H groups in total. The molecule has 18 heavy (non-hydrogen) atoms. The van der Waals surface area contributed by atoms with Crippen LogP contribution in [0.4, 0.5) is 4.39 Å². The van der Waals surface area contributed by atoms with Crippen molar-refractivity contribution in [3.05, 3.63) is 59.0 Å². The van der Waals surface area contributed by atoms with Gasteiger partial charge in [-0.2, -0.15) is 11.3 Å². The van der Waals surface area contributed by atoms with Gasteiger partial charge < -0.3 is 0 Å². The molecule has 0 unspecified atom stereocenters. The third kappa shape index (κ3) is 1.24. The molecule has 0 bridgehead atoms. The van der Waals surface area contributed by atoms with Crippen molar-refractivity contribution in [2.24, 2.45) is 0 Å². The molecular formula is C16H9FS. The normalized spacial score (nSPS) is 11.6. The Morgan fingerprint density at radius 2 is 1.28 bits per heavy atom. The van der Waals surface area contributed by atoms with E-state index >= 15 is 0 Å². The summed E-state index contributed by atoms with van der Waals surface area (Å²) in [4.78, 5) is 0. The Kier molecular flexibility index (Phi) is 1.97. The third-order valence-electron chi connectivity index (χ3n) is 3.44. The molecule has 0 radical (unpaired) electrons. The molecule has 86 valence electrons. The number of halogens is 1. The van der Waals surface area contributed by atoms with E-state index in [4.69, 9.17) is 0 Å². The van der Waals surface area contributed by atoms with Crippen LogP contribution >= 0.6 is 11.3 Å². The second-order valence-corrected chi connectivity index (χ2v) is 5.18. The van der Waals surface area contributed by atoms with Gasteiger partial charge >= 0.3 is 0 Å². The molecule has 0 atom stereocenters. The Hall–Kier alpha value is -1.93. The second kappa shape index (κ2) is 3.53. The van der Waals surface area contributed by atoms with Crippen LogP contribution in [-0.4, -0.2) is 0 Å². The van der Waals surface area contributed by atoms with Crippen LogP contribution in [0.15, 0.2) is 53.2 Å². The molecule has 4 aromatic rings. The van der Waals surface area contributed by atoms with Gasteiger partial charge in [0.25, 0.3) is 0 Å². The van der Waals surface area contributed by atoms with Crippen LogP contribution in [0.25, 0.3) is 32.3 Å². The van der Waals surface area contributed by atoms with Crippen molar-refractivity contribution in [3.8, 4) is 0 Å². The van der Waals surface area contributed by atoms with Crippen LogP contribution in [0.3, 0.4) is 0 Å². The van der Waals surface area contributed by atoms with E-state index < -0.39 is 0 Å². The maximum Gasteiger partial charge on any atom is 0.123 e. The van der Waals surface area contributed by atoms with E-state index in [1.54, 1.807) is 17.4 Å². The zero-order chi connectivity index (χ0) is 12.1. The fourth-order valence-electron chi connectivity index (χ4n) is 2.64. The van der Waals surface area contributed by atoms with Crippen molar-refractivity contribution in [2.75, 3.05) is 0 Å². The summed E-state index contributed by atoms with van der Waals surface area (Å²) in [6, 6.07) is 13.3. The lowest BCUT2D eigenvalue weighted by molar-refractivity contribution is 0.630. The Bertz CT molecular complexity index is 889. The highest BCUT2D eigenvalue weighted by Gasteiger charge is 2.09. The van der Waals surface area contributed by atoms with Crippen molar-refractivity contribution in [2.45, 2.75) is 0 Å². The summed E-state index contributed by atoms with van der Waals surface area (Å²) in [5.74, 6) is -0.178. The fraction of sp³-hybridized carbons (Fsp3) is 0. The number of rotatable bonds is 0. The van der Waals surface area contributed by atoms with Crippen LogP contribution in [0.1, 0.15) is 0 Å². The summed E-state index contributed by atoms with van der Waals surface area (Å²) in [6.45, 7) is 0. The van der Waals surface area contributed by atoms with Gasteiger partial charge in [-0.1, -0.05) is 30.3 Å². The van der Waals surface area contributed by atoms with Gasteiger partial charge in [0.2, 0.25) is 0 Å². The standard InChI is InChI=1S/C16H9FS/c17-10-5-6-13-14(7-10)11-3-1-2-4-12(11)15-8-18-9-16(13)15/h1-9H. The number of hydrogen-bond acceptors (Lipinski definition) is 1. The smallest absolute Gasteiger partial charge is 0.123 e. The fourth-order valence-corrected chi connectivity index (χ4v) is 3.49. The molecule has 0 aliphatic heterocycles. The van der Waals surface area contributed by atoms with Crippen LogP contribution in [0.5, 0.6) is 0 Å². The lowest BCUT2D eigenvalue weighted by Crippen LogP contribution is -1.81. The van der Waals surface area contributed by atoms with Crippen LogP contribution in [-0.2, 0) is 0 Å². The zero-order valence-electron chi connectivity index (χ0n) is 9.48. The Labute approximate surface area is 107 Å². The minimum atomic E-state index is -0.178. The highest BCUT2D eigenvalue weighted by Crippen LogP contribution is 2.36. The molecule has 1 heterocycles. The largest absolute Gasteiger partial charge is 0.207 e. The second-order valence-electron chi connectivity index (χ2n) is 4.43. The molecule has 3 aromatic carbocycles. The van der Waals surface area contributed by atoms with E-state index in [1.165, 1.54) is 22.2 Å². The highest BCUT2D eigenvalue weighted by molar-refractivity contribution is 7.09. The molecule has 0 nitrogen and oxygen atoms in total. The molecule has 1 aromatic heterocycles. The Balaban J connectivity index is 2.44. The summed E-state index contributed by atoms with van der Waals surface area (Å²) in [5.41, 5.74) is 0. The number of hydrogen-bond donors (Lipinski definition) is 0. The van der Waals surface area contributed by atoms with Gasteiger partial charge in [-0.25, -0.2) is 4.39 Å². The molecule has 0 saturated heterocycles. The van der Waals surface area contributed by atoms with E-state index in [9.17, 15) is 4.39 Å². The molecule has 2 heteroatoms. The lowest BCUT2D eigenvalue weighted by atomic mass is 9.97. The van der Waals surface area contributed by atoms with Gasteiger partial charge in [-0.3, -0.25) is 0 Å². The van der Waals surface area contributed by atoms with Crippen molar-refractivity contribution in [1.82, 2.24) is 0 Å². The third-order valence-corrected chi connectivity index (χ3v) is 4.18. The van der Waals surface area contributed by atoms with Gasteiger partial charge in [-0.15, -0.1) is 0 Å². The van der Waals surface area contributed by atoms with Gasteiger partial charge in [0, 0.05) is 10.8 Å². The van der Waals surface area contributed by atoms with E-state index in [1.807, 2.05) is 18.2 Å². The average molecular weight is 252 g/mol. The SMILES string of the molecule is Fc1ccc2c3cscc3c3ccccc3c2c1. The van der Waals surface area contributed by atoms with Crippen LogP contribution in [0, 0.1) is 5.82 Å². The summed E-state index contributed by atoms with van der Waals surface area (Å²) >= 11 is 1.69. The number of benzene rings is 3. The van der Waals surface area contributed by atoms with Gasteiger partial charge in [-0.05, 0) is 44.4 Å². The summed E-state index contributed by atoms with van der Waals surface area (Å²) in [6.07, 6.45) is 0. The first-order chi connectivity index (χ1) is 8.84. The molecular weight excluding hydrogens is 243 g/mol. The summed E-state index contributed by atoms with van der Waals surface area (Å²) < 4.78 is 13.5. The maximum absolute atomic E-state index is 13.5. The zero-order valence-corrected chi connectivity index (χ0v) is 10.3. The van der Waals surface area contributed by atoms with Gasteiger partial charge in [0.1, 0.15) is 5.82 Å². The minimum absolute atomic E-state index is 0.178. The van der Waals surface area contributed by atoms with E-state index in [2.05, 4.69) is 22.9 Å². The number of fused-ring (bicyclic) bond motifs is 6. The van der Waals surface area contributed by atoms with E-state index in [0.29, 0.717) is 0 Å². The van der Waals surface area contributed by atoms with E-state index in [-0.39, 0.29) is 5.82 Å². The predicted molar refractivity (Wildman–Crippen MR) is 76.8 cm³/mol. The molecule has 4 rings (SSSR count). The average Bonchev–Trinajstić information content (AvgIpc) is 2.88. The molecule has 0 saturated carbocycles. The molecule has 0 aliphatic rings. The monoisotopic (exact) mass is 252 g/mol. The highest BCUT2D eigenvalue weighted by atomic mass is 32.1. The van der Waals surface area contributed by atoms with Crippen molar-refractivity contribution in [1.29, 1.82) is 0 Å². The lowest BCUT2D eigenvalue weighted by Gasteiger charge is -2.06. The van der Waals surface area contributed by atoms with Crippen molar-refractivity contribution in [3.63, 3.8) is 0 Å². The molecule has 0 aliphatic carbocycles. The van der Waals surface area contributed by atoms with Crippen LogP contribution < -0.4 is 0 Å². The number of thiophene rings is 1. The van der Waals surface area contributed by atoms with Crippen molar-refractivity contribution < 1.29 is 4.39 Å². The van der Waals surface area contributed by atoms with Crippen molar-refractivity contribution >= 4 is 43.7 Å². The van der Waals surface area contributed by atoms with Crippen LogP contribution in [0.2, 0.25) is 0 Å². The predicted octanol–water partition coefficient (Wildman–Crippen LogP) is 5.35. The topological polar surface area (TPSA) is 0 Å². The van der Waals surface area contributed by atoms with Gasteiger partial charge in [0.05, 0.1) is 0 Å². The first kappa shape index (κ1) is 10.0.